The van der Waals surface area contributed by atoms with Crippen molar-refractivity contribution in [2.24, 2.45) is 0 Å². The van der Waals surface area contributed by atoms with Crippen LogP contribution in [0.4, 0.5) is 13.2 Å². The zero-order valence-corrected chi connectivity index (χ0v) is 16.8. The van der Waals surface area contributed by atoms with Crippen LogP contribution in [0, 0.1) is 0 Å². The molecule has 0 bridgehead atoms. The minimum Gasteiger partial charge on any atom is -0.473 e. The Morgan fingerprint density at radius 2 is 1.94 bits per heavy atom. The molecule has 0 unspecified atom stereocenters. The molecule has 0 N–H and O–H groups in total. The van der Waals surface area contributed by atoms with E-state index in [1.54, 1.807) is 24.3 Å². The third-order valence-electron chi connectivity index (χ3n) is 4.64. The lowest BCUT2D eigenvalue weighted by molar-refractivity contribution is -0.159. The molecule has 0 aliphatic carbocycles. The highest BCUT2D eigenvalue weighted by atomic mass is 32.2. The fourth-order valence-corrected chi connectivity index (χ4v) is 4.70. The molecular formula is C19H17F3N4O4S. The lowest BCUT2D eigenvalue weighted by atomic mass is 10.2. The third kappa shape index (κ3) is 5.02. The summed E-state index contributed by atoms with van der Waals surface area (Å²) in [4.78, 5) is 7.35. The summed E-state index contributed by atoms with van der Waals surface area (Å²) in [6, 6.07) is 11.8. The first-order chi connectivity index (χ1) is 14.7. The average molecular weight is 454 g/mol. The van der Waals surface area contributed by atoms with Crippen LogP contribution in [0.25, 0.3) is 11.4 Å². The number of hydrogen-bond donors (Lipinski definition) is 0. The van der Waals surface area contributed by atoms with Gasteiger partial charge in [-0.05, 0) is 18.1 Å². The number of hydrogen-bond acceptors (Lipinski definition) is 7. The fraction of sp³-hybridized carbons (Fsp3) is 0.316. The number of nitrogens with zero attached hydrogens (tertiary/aromatic N) is 4. The first-order valence-corrected chi connectivity index (χ1v) is 10.9. The van der Waals surface area contributed by atoms with Crippen molar-refractivity contribution in [1.29, 1.82) is 0 Å². The molecule has 0 amide bonds. The van der Waals surface area contributed by atoms with Gasteiger partial charge in [0.1, 0.15) is 6.10 Å². The van der Waals surface area contributed by atoms with Gasteiger partial charge < -0.3 is 9.26 Å². The Kier molecular flexibility index (Phi) is 5.67. The van der Waals surface area contributed by atoms with E-state index in [0.717, 1.165) is 0 Å². The van der Waals surface area contributed by atoms with Crippen molar-refractivity contribution in [2.75, 3.05) is 13.1 Å². The normalized spacial score (nSPS) is 17.7. The van der Waals surface area contributed by atoms with Gasteiger partial charge in [-0.15, -0.1) is 0 Å². The van der Waals surface area contributed by atoms with Crippen molar-refractivity contribution in [3.05, 3.63) is 60.1 Å². The maximum absolute atomic E-state index is 12.6. The van der Waals surface area contributed by atoms with Gasteiger partial charge >= 0.3 is 12.1 Å². The SMILES string of the molecule is O=S(=O)(Cc1ccccc1)N1CC[C@H](Oc2ccc(-c3noc(C(F)(F)F)n3)cn2)C1. The Morgan fingerprint density at radius 3 is 2.58 bits per heavy atom. The van der Waals surface area contributed by atoms with Crippen LogP contribution >= 0.6 is 0 Å². The second kappa shape index (κ2) is 8.27. The molecule has 0 spiro atoms. The average Bonchev–Trinajstić information content (AvgIpc) is 3.39. The number of ether oxygens (including phenoxy) is 1. The molecule has 1 aromatic carbocycles. The van der Waals surface area contributed by atoms with Crippen molar-refractivity contribution in [2.45, 2.75) is 24.5 Å². The first-order valence-electron chi connectivity index (χ1n) is 9.26. The topological polar surface area (TPSA) is 98.4 Å². The zero-order chi connectivity index (χ0) is 22.1. The standard InChI is InChI=1S/C19H17F3N4O4S/c20-19(21,22)18-24-17(25-30-18)14-6-7-16(23-10-14)29-15-8-9-26(11-15)31(27,28)12-13-4-2-1-3-5-13/h1-7,10,15H,8-9,11-12H2/t15-/m0/s1. The second-order valence-corrected chi connectivity index (χ2v) is 8.90. The fourth-order valence-electron chi connectivity index (χ4n) is 3.13. The van der Waals surface area contributed by atoms with E-state index in [1.807, 2.05) is 6.07 Å². The Bertz CT molecular complexity index is 1130. The highest BCUT2D eigenvalue weighted by Crippen LogP contribution is 2.29. The molecule has 2 aromatic heterocycles. The van der Waals surface area contributed by atoms with E-state index >= 15 is 0 Å². The van der Waals surface area contributed by atoms with Crippen molar-refractivity contribution in [3.8, 4) is 17.3 Å². The molecule has 8 nitrogen and oxygen atoms in total. The maximum atomic E-state index is 12.6. The predicted molar refractivity (Wildman–Crippen MR) is 102 cm³/mol. The van der Waals surface area contributed by atoms with Gasteiger partial charge in [0, 0.05) is 24.4 Å². The largest absolute Gasteiger partial charge is 0.473 e. The molecule has 1 aliphatic rings. The zero-order valence-electron chi connectivity index (χ0n) is 16.0. The van der Waals surface area contributed by atoms with Crippen LogP contribution in [0.3, 0.4) is 0 Å². The first kappa shape index (κ1) is 21.2. The van der Waals surface area contributed by atoms with Crippen LogP contribution in [-0.4, -0.2) is 47.0 Å². The van der Waals surface area contributed by atoms with E-state index in [2.05, 4.69) is 19.6 Å². The molecule has 1 atom stereocenters. The van der Waals surface area contributed by atoms with E-state index < -0.39 is 22.1 Å². The van der Waals surface area contributed by atoms with Gasteiger partial charge in [-0.2, -0.15) is 22.5 Å². The number of pyridine rings is 1. The van der Waals surface area contributed by atoms with Gasteiger partial charge in [-0.3, -0.25) is 0 Å². The van der Waals surface area contributed by atoms with E-state index in [0.29, 0.717) is 18.5 Å². The van der Waals surface area contributed by atoms with Crippen LogP contribution in [-0.2, 0) is 22.0 Å². The van der Waals surface area contributed by atoms with Crippen LogP contribution in [0.2, 0.25) is 0 Å². The van der Waals surface area contributed by atoms with Gasteiger partial charge in [0.05, 0.1) is 12.3 Å². The van der Waals surface area contributed by atoms with E-state index in [4.69, 9.17) is 4.74 Å². The summed E-state index contributed by atoms with van der Waals surface area (Å²) in [5.74, 6) is -1.55. The highest BCUT2D eigenvalue weighted by molar-refractivity contribution is 7.88. The summed E-state index contributed by atoms with van der Waals surface area (Å²) in [7, 11) is -3.48. The lowest BCUT2D eigenvalue weighted by Gasteiger charge is -2.17. The van der Waals surface area contributed by atoms with E-state index in [1.165, 1.54) is 22.6 Å². The summed E-state index contributed by atoms with van der Waals surface area (Å²) < 4.78 is 74.3. The van der Waals surface area contributed by atoms with E-state index in [9.17, 15) is 21.6 Å². The Hall–Kier alpha value is -2.99. The number of aromatic nitrogens is 3. The molecule has 1 fully saturated rings. The molecular weight excluding hydrogens is 437 g/mol. The van der Waals surface area contributed by atoms with Gasteiger partial charge in [-0.25, -0.2) is 13.4 Å². The van der Waals surface area contributed by atoms with Crippen molar-refractivity contribution >= 4 is 10.0 Å². The molecule has 1 aliphatic heterocycles. The number of benzene rings is 1. The predicted octanol–water partition coefficient (Wildman–Crippen LogP) is 3.13. The Morgan fingerprint density at radius 1 is 1.16 bits per heavy atom. The summed E-state index contributed by atoms with van der Waals surface area (Å²) in [5, 5.41) is 3.30. The summed E-state index contributed by atoms with van der Waals surface area (Å²) in [6.07, 6.45) is -3.35. The quantitative estimate of drug-likeness (QED) is 0.564. The maximum Gasteiger partial charge on any atom is 0.471 e. The number of alkyl halides is 3. The second-order valence-electron chi connectivity index (χ2n) is 6.93. The molecule has 12 heteroatoms. The van der Waals surface area contributed by atoms with Crippen LogP contribution in [0.1, 0.15) is 17.9 Å². The van der Waals surface area contributed by atoms with Crippen molar-refractivity contribution in [1.82, 2.24) is 19.4 Å². The van der Waals surface area contributed by atoms with Gasteiger partial charge in [0.25, 0.3) is 0 Å². The number of sulfonamides is 1. The molecule has 4 rings (SSSR count). The van der Waals surface area contributed by atoms with Crippen molar-refractivity contribution < 1.29 is 30.8 Å². The lowest BCUT2D eigenvalue weighted by Crippen LogP contribution is -2.32. The molecule has 0 radical (unpaired) electrons. The van der Waals surface area contributed by atoms with Gasteiger partial charge in [0.2, 0.25) is 21.7 Å². The van der Waals surface area contributed by atoms with Crippen LogP contribution < -0.4 is 4.74 Å². The van der Waals surface area contributed by atoms with E-state index in [-0.39, 0.29) is 35.7 Å². The Labute approximate surface area is 175 Å². The summed E-state index contributed by atoms with van der Waals surface area (Å²) >= 11 is 0. The minimum absolute atomic E-state index is 0.0852. The number of rotatable bonds is 6. The third-order valence-corrected chi connectivity index (χ3v) is 6.46. The summed E-state index contributed by atoms with van der Waals surface area (Å²) in [6.45, 7) is 0.527. The summed E-state index contributed by atoms with van der Waals surface area (Å²) in [5.41, 5.74) is 0.935. The Balaban J connectivity index is 1.36. The molecule has 3 heterocycles. The van der Waals surface area contributed by atoms with Crippen LogP contribution in [0.15, 0.2) is 53.2 Å². The highest BCUT2D eigenvalue weighted by Gasteiger charge is 2.38. The monoisotopic (exact) mass is 454 g/mol. The minimum atomic E-state index is -4.73. The van der Waals surface area contributed by atoms with Crippen LogP contribution in [0.5, 0.6) is 5.88 Å². The molecule has 1 saturated heterocycles. The molecule has 0 saturated carbocycles. The molecule has 3 aromatic rings. The molecule has 164 valence electrons. The number of halogens is 3. The smallest absolute Gasteiger partial charge is 0.471 e. The van der Waals surface area contributed by atoms with Crippen molar-refractivity contribution in [3.63, 3.8) is 0 Å². The van der Waals surface area contributed by atoms with Gasteiger partial charge in [0.15, 0.2) is 0 Å². The van der Waals surface area contributed by atoms with Gasteiger partial charge in [-0.1, -0.05) is 35.5 Å². The molecule has 31 heavy (non-hydrogen) atoms.